The normalized spacial score (nSPS) is 24.6. The molecule has 0 amide bonds. The molecule has 0 aromatic rings. The Morgan fingerprint density at radius 3 is 3.00 bits per heavy atom. The van der Waals surface area contributed by atoms with E-state index < -0.39 is 0 Å². The molecule has 0 heterocycles. The van der Waals surface area contributed by atoms with Gasteiger partial charge in [0, 0.05) is 5.92 Å². The van der Waals surface area contributed by atoms with Crippen LogP contribution >= 0.6 is 0 Å². The Balaban J connectivity index is 2.13. The van der Waals surface area contributed by atoms with Gasteiger partial charge in [-0.3, -0.25) is 0 Å². The second-order valence-corrected chi connectivity index (χ2v) is 2.04. The molecule has 1 rings (SSSR count). The number of nitrogens with zero attached hydrogens (tertiary/aromatic N) is 1. The second-order valence-electron chi connectivity index (χ2n) is 2.04. The average molecular weight is 110 g/mol. The summed E-state index contributed by atoms with van der Waals surface area (Å²) in [5, 5.41) is 3.29. The van der Waals surface area contributed by atoms with Crippen molar-refractivity contribution in [2.24, 2.45) is 11.0 Å². The monoisotopic (exact) mass is 110 g/mol. The van der Waals surface area contributed by atoms with Crippen molar-refractivity contribution in [2.45, 2.75) is 13.3 Å². The summed E-state index contributed by atoms with van der Waals surface area (Å²) in [6.45, 7) is 2.82. The summed E-state index contributed by atoms with van der Waals surface area (Å²) in [5.74, 6) is 0.567. The Morgan fingerprint density at radius 2 is 2.62 bits per heavy atom. The van der Waals surface area contributed by atoms with Gasteiger partial charge in [-0.05, 0) is 6.42 Å². The Kier molecular flexibility index (Phi) is 1.42. The topological polar surface area (TPSA) is 36.2 Å². The van der Waals surface area contributed by atoms with Crippen LogP contribution in [0.3, 0.4) is 0 Å². The molecule has 44 valence electrons. The fourth-order valence-corrected chi connectivity index (χ4v) is 0.859. The molecule has 0 saturated heterocycles. The van der Waals surface area contributed by atoms with Gasteiger partial charge in [0.25, 0.3) is 0 Å². The Morgan fingerprint density at radius 1 is 1.88 bits per heavy atom. The van der Waals surface area contributed by atoms with Crippen LogP contribution in [-0.4, -0.2) is 6.54 Å². The molecule has 1 atom stereocenters. The molecule has 8 heavy (non-hydrogen) atoms. The van der Waals surface area contributed by atoms with Gasteiger partial charge in [-0.2, -0.15) is 5.11 Å². The second kappa shape index (κ2) is 2.07. The Bertz CT molecular complexity index is 126. The summed E-state index contributed by atoms with van der Waals surface area (Å²) in [4.78, 5) is 0. The summed E-state index contributed by atoms with van der Waals surface area (Å²) in [5.41, 5.74) is 8.00. The van der Waals surface area contributed by atoms with Crippen LogP contribution in [0.5, 0.6) is 0 Å². The van der Waals surface area contributed by atoms with Crippen LogP contribution in [0.25, 0.3) is 0 Å². The maximum Gasteiger partial charge on any atom is 0.0696 e. The molecule has 1 unspecified atom stereocenters. The molecule has 1 N–H and O–H groups in total. The van der Waals surface area contributed by atoms with Gasteiger partial charge in [-0.15, -0.1) is 0 Å². The van der Waals surface area contributed by atoms with Gasteiger partial charge >= 0.3 is 0 Å². The maximum absolute atomic E-state index is 6.53. The average Bonchev–Trinajstić information content (AvgIpc) is 2.48. The largest absolute Gasteiger partial charge is 0.210 e. The Labute approximate surface area is 49.1 Å². The lowest BCUT2D eigenvalue weighted by Crippen LogP contribution is -1.83. The van der Waals surface area contributed by atoms with E-state index in [1.54, 1.807) is 0 Å². The molecule has 0 fully saturated rings. The first-order valence-corrected chi connectivity index (χ1v) is 2.92. The van der Waals surface area contributed by atoms with Crippen molar-refractivity contribution in [3.05, 3.63) is 11.6 Å². The fraction of sp³-hybridized carbons (Fsp3) is 0.667. The van der Waals surface area contributed by atoms with E-state index in [1.807, 2.05) is 0 Å². The molecule has 0 saturated carbocycles. The molecule has 2 nitrogen and oxygen atoms in total. The number of hydrogen-bond donors (Lipinski definition) is 1. The zero-order valence-electron chi connectivity index (χ0n) is 5.02. The van der Waals surface area contributed by atoms with Crippen molar-refractivity contribution < 1.29 is 0 Å². The molecule has 0 aromatic heterocycles. The molecule has 0 aromatic carbocycles. The van der Waals surface area contributed by atoms with Gasteiger partial charge < -0.3 is 0 Å². The lowest BCUT2D eigenvalue weighted by molar-refractivity contribution is 0.794. The van der Waals surface area contributed by atoms with E-state index >= 15 is 0 Å². The lowest BCUT2D eigenvalue weighted by Gasteiger charge is -1.86. The first-order valence-electron chi connectivity index (χ1n) is 2.92. The van der Waals surface area contributed by atoms with Gasteiger partial charge in [0.15, 0.2) is 0 Å². The van der Waals surface area contributed by atoms with Crippen molar-refractivity contribution in [1.29, 1.82) is 5.53 Å². The van der Waals surface area contributed by atoms with Crippen LogP contribution in [0, 0.1) is 11.4 Å². The number of nitrogens with one attached hydrogen (secondary N) is 1. The highest BCUT2D eigenvalue weighted by Crippen LogP contribution is 2.31. The molecule has 2 heteroatoms. The van der Waals surface area contributed by atoms with E-state index in [1.165, 1.54) is 5.57 Å². The fourth-order valence-electron chi connectivity index (χ4n) is 0.859. The molecule has 0 bridgehead atoms. The zero-order chi connectivity index (χ0) is 5.98. The summed E-state index contributed by atoms with van der Waals surface area (Å²) < 4.78 is 0. The molecule has 0 aliphatic heterocycles. The third-order valence-corrected chi connectivity index (χ3v) is 1.48. The van der Waals surface area contributed by atoms with Gasteiger partial charge in [0.1, 0.15) is 0 Å². The maximum atomic E-state index is 6.53. The van der Waals surface area contributed by atoms with E-state index in [0.717, 1.165) is 6.42 Å². The van der Waals surface area contributed by atoms with Crippen molar-refractivity contribution in [3.8, 4) is 0 Å². The highest BCUT2D eigenvalue weighted by molar-refractivity contribution is 5.28. The minimum absolute atomic E-state index is 0.567. The highest BCUT2D eigenvalue weighted by atomic mass is 15.0. The molecular weight excluding hydrogens is 100 g/mol. The van der Waals surface area contributed by atoms with Crippen LogP contribution in [-0.2, 0) is 0 Å². The van der Waals surface area contributed by atoms with E-state index in [-0.39, 0.29) is 0 Å². The van der Waals surface area contributed by atoms with E-state index in [2.05, 4.69) is 18.1 Å². The van der Waals surface area contributed by atoms with Crippen LogP contribution in [0.4, 0.5) is 0 Å². The molecular formula is C6H10N2. The number of hydrogen-bond acceptors (Lipinski definition) is 2. The van der Waals surface area contributed by atoms with Crippen LogP contribution in [0.1, 0.15) is 13.3 Å². The molecule has 0 spiro atoms. The van der Waals surface area contributed by atoms with Crippen molar-refractivity contribution in [2.75, 3.05) is 6.54 Å². The van der Waals surface area contributed by atoms with Crippen LogP contribution in [0.2, 0.25) is 0 Å². The number of rotatable bonds is 3. The Hall–Kier alpha value is -0.660. The summed E-state index contributed by atoms with van der Waals surface area (Å²) in [7, 11) is 0. The lowest BCUT2D eigenvalue weighted by atomic mass is 10.2. The van der Waals surface area contributed by atoms with E-state index in [4.69, 9.17) is 5.53 Å². The SMILES string of the molecule is CCC1=CC1CN=N. The van der Waals surface area contributed by atoms with Crippen LogP contribution < -0.4 is 0 Å². The van der Waals surface area contributed by atoms with Gasteiger partial charge in [-0.25, -0.2) is 5.53 Å². The highest BCUT2D eigenvalue weighted by Gasteiger charge is 2.21. The summed E-state index contributed by atoms with van der Waals surface area (Å²) in [6.07, 6.45) is 3.32. The van der Waals surface area contributed by atoms with Crippen molar-refractivity contribution in [1.82, 2.24) is 0 Å². The van der Waals surface area contributed by atoms with E-state index in [9.17, 15) is 0 Å². The van der Waals surface area contributed by atoms with Gasteiger partial charge in [0.2, 0.25) is 0 Å². The summed E-state index contributed by atoms with van der Waals surface area (Å²) in [6, 6.07) is 0. The minimum atomic E-state index is 0.567. The smallest absolute Gasteiger partial charge is 0.0696 e. The van der Waals surface area contributed by atoms with Gasteiger partial charge in [0.05, 0.1) is 6.54 Å². The first-order chi connectivity index (χ1) is 3.88. The summed E-state index contributed by atoms with van der Waals surface area (Å²) >= 11 is 0. The minimum Gasteiger partial charge on any atom is -0.210 e. The van der Waals surface area contributed by atoms with Crippen molar-refractivity contribution in [3.63, 3.8) is 0 Å². The van der Waals surface area contributed by atoms with E-state index in [0.29, 0.717) is 12.5 Å². The first kappa shape index (κ1) is 5.48. The third kappa shape index (κ3) is 0.941. The molecule has 0 radical (unpaired) electrons. The predicted octanol–water partition coefficient (Wildman–Crippen LogP) is 1.98. The van der Waals surface area contributed by atoms with Gasteiger partial charge in [-0.1, -0.05) is 18.6 Å². The third-order valence-electron chi connectivity index (χ3n) is 1.48. The molecule has 1 aliphatic rings. The standard InChI is InChI=1S/C6H10N2/c1-2-5-3-6(5)4-8-7/h3,6-7H,2,4H2,1H3. The predicted molar refractivity (Wildman–Crippen MR) is 31.9 cm³/mol. The zero-order valence-corrected chi connectivity index (χ0v) is 5.02. The molecule has 1 aliphatic carbocycles. The van der Waals surface area contributed by atoms with Crippen molar-refractivity contribution >= 4 is 0 Å². The van der Waals surface area contributed by atoms with Crippen LogP contribution in [0.15, 0.2) is 16.8 Å². The quantitative estimate of drug-likeness (QED) is 0.426.